The maximum atomic E-state index is 13.7. The van der Waals surface area contributed by atoms with Gasteiger partial charge in [0.1, 0.15) is 5.82 Å². The number of thiocarbonyl (C=S) groups is 1. The minimum Gasteiger partial charge on any atom is -0.378 e. The number of halogens is 2. The van der Waals surface area contributed by atoms with Gasteiger partial charge in [0, 0.05) is 42.6 Å². The summed E-state index contributed by atoms with van der Waals surface area (Å²) in [5.41, 5.74) is 2.49. The van der Waals surface area contributed by atoms with E-state index in [4.69, 9.17) is 23.8 Å². The molecule has 0 heterocycles. The monoisotopic (exact) mass is 337 g/mol. The number of anilines is 2. The van der Waals surface area contributed by atoms with Gasteiger partial charge < -0.3 is 15.5 Å². The highest BCUT2D eigenvalue weighted by molar-refractivity contribution is 7.80. The summed E-state index contributed by atoms with van der Waals surface area (Å²) in [5.74, 6) is -0.349. The number of nitrogens with zero attached hydrogens (tertiary/aromatic N) is 1. The van der Waals surface area contributed by atoms with Gasteiger partial charge in [-0.05, 0) is 48.6 Å². The van der Waals surface area contributed by atoms with Crippen LogP contribution in [0.5, 0.6) is 0 Å². The van der Waals surface area contributed by atoms with Gasteiger partial charge in [0.25, 0.3) is 0 Å². The van der Waals surface area contributed by atoms with E-state index in [0.29, 0.717) is 22.2 Å². The van der Waals surface area contributed by atoms with Crippen molar-refractivity contribution < 1.29 is 4.39 Å². The van der Waals surface area contributed by atoms with Gasteiger partial charge in [0.2, 0.25) is 0 Å². The van der Waals surface area contributed by atoms with Gasteiger partial charge >= 0.3 is 0 Å². The molecule has 2 N–H and O–H groups in total. The Bertz CT molecular complexity index is 659. The number of hydrogen-bond donors (Lipinski definition) is 2. The molecule has 0 aliphatic carbocycles. The first kappa shape index (κ1) is 16.5. The Morgan fingerprint density at radius 2 is 1.86 bits per heavy atom. The van der Waals surface area contributed by atoms with Crippen molar-refractivity contribution in [2.24, 2.45) is 0 Å². The summed E-state index contributed by atoms with van der Waals surface area (Å²) in [6.07, 6.45) is 0. The fourth-order valence-corrected chi connectivity index (χ4v) is 2.21. The van der Waals surface area contributed by atoms with Crippen molar-refractivity contribution in [3.05, 3.63) is 58.9 Å². The van der Waals surface area contributed by atoms with Gasteiger partial charge in [-0.25, -0.2) is 4.39 Å². The van der Waals surface area contributed by atoms with Crippen LogP contribution in [0.2, 0.25) is 5.02 Å². The highest BCUT2D eigenvalue weighted by atomic mass is 35.5. The minimum atomic E-state index is -0.349. The number of benzene rings is 2. The lowest BCUT2D eigenvalue weighted by atomic mass is 10.2. The van der Waals surface area contributed by atoms with Crippen LogP contribution in [-0.4, -0.2) is 19.2 Å². The number of rotatable bonds is 4. The Morgan fingerprint density at radius 3 is 2.45 bits per heavy atom. The molecule has 0 saturated carbocycles. The van der Waals surface area contributed by atoms with E-state index in [0.717, 1.165) is 11.4 Å². The SMILES string of the molecule is CN(C)c1ccc(NC(=S)NCc2ccc(Cl)cc2F)cc1. The molecule has 2 aromatic rings. The summed E-state index contributed by atoms with van der Waals surface area (Å²) < 4.78 is 13.7. The summed E-state index contributed by atoms with van der Waals surface area (Å²) in [4.78, 5) is 2.02. The quantitative estimate of drug-likeness (QED) is 0.824. The first-order chi connectivity index (χ1) is 10.5. The van der Waals surface area contributed by atoms with Crippen molar-refractivity contribution in [3.63, 3.8) is 0 Å². The second-order valence-electron chi connectivity index (χ2n) is 4.98. The van der Waals surface area contributed by atoms with E-state index >= 15 is 0 Å². The van der Waals surface area contributed by atoms with Crippen molar-refractivity contribution in [3.8, 4) is 0 Å². The summed E-state index contributed by atoms with van der Waals surface area (Å²) in [6, 6.07) is 12.4. The molecule has 6 heteroatoms. The van der Waals surface area contributed by atoms with E-state index in [1.807, 2.05) is 43.3 Å². The molecule has 0 amide bonds. The van der Waals surface area contributed by atoms with Gasteiger partial charge in [-0.2, -0.15) is 0 Å². The Morgan fingerprint density at radius 1 is 1.18 bits per heavy atom. The van der Waals surface area contributed by atoms with Crippen LogP contribution in [0.15, 0.2) is 42.5 Å². The second-order valence-corrected chi connectivity index (χ2v) is 5.83. The van der Waals surface area contributed by atoms with E-state index in [-0.39, 0.29) is 5.82 Å². The largest absolute Gasteiger partial charge is 0.378 e. The molecule has 0 aromatic heterocycles. The first-order valence-electron chi connectivity index (χ1n) is 6.72. The maximum absolute atomic E-state index is 13.7. The van der Waals surface area contributed by atoms with Crippen molar-refractivity contribution in [1.82, 2.24) is 5.32 Å². The van der Waals surface area contributed by atoms with Gasteiger partial charge in [-0.3, -0.25) is 0 Å². The minimum absolute atomic E-state index is 0.296. The molecule has 0 fully saturated rings. The molecule has 0 atom stereocenters. The Labute approximate surface area is 140 Å². The number of hydrogen-bond acceptors (Lipinski definition) is 2. The van der Waals surface area contributed by atoms with E-state index in [1.165, 1.54) is 6.07 Å². The van der Waals surface area contributed by atoms with E-state index in [2.05, 4.69) is 10.6 Å². The van der Waals surface area contributed by atoms with Crippen molar-refractivity contribution >= 4 is 40.3 Å². The van der Waals surface area contributed by atoms with Crippen LogP contribution in [0.4, 0.5) is 15.8 Å². The molecular formula is C16H17ClFN3S. The lowest BCUT2D eigenvalue weighted by Gasteiger charge is -2.14. The fraction of sp³-hybridized carbons (Fsp3) is 0.188. The third-order valence-electron chi connectivity index (χ3n) is 3.10. The normalized spacial score (nSPS) is 10.2. The molecule has 2 aromatic carbocycles. The highest BCUT2D eigenvalue weighted by Crippen LogP contribution is 2.16. The average molecular weight is 338 g/mol. The second kappa shape index (κ2) is 7.42. The van der Waals surface area contributed by atoms with Gasteiger partial charge in [-0.1, -0.05) is 17.7 Å². The van der Waals surface area contributed by atoms with Crippen LogP contribution in [-0.2, 0) is 6.54 Å². The average Bonchev–Trinajstić information content (AvgIpc) is 2.47. The lowest BCUT2D eigenvalue weighted by Crippen LogP contribution is -2.28. The molecule has 22 heavy (non-hydrogen) atoms. The summed E-state index contributed by atoms with van der Waals surface area (Å²) in [5, 5.41) is 6.85. The predicted molar refractivity (Wildman–Crippen MR) is 95.2 cm³/mol. The molecule has 0 saturated heterocycles. The highest BCUT2D eigenvalue weighted by Gasteiger charge is 2.04. The third-order valence-corrected chi connectivity index (χ3v) is 3.58. The summed E-state index contributed by atoms with van der Waals surface area (Å²) in [7, 11) is 3.96. The lowest BCUT2D eigenvalue weighted by molar-refractivity contribution is 0.606. The molecule has 0 spiro atoms. The van der Waals surface area contributed by atoms with Crippen LogP contribution in [0.3, 0.4) is 0 Å². The molecule has 0 unspecified atom stereocenters. The molecule has 0 radical (unpaired) electrons. The molecule has 2 rings (SSSR count). The zero-order valence-corrected chi connectivity index (χ0v) is 13.9. The molecule has 0 bridgehead atoms. The maximum Gasteiger partial charge on any atom is 0.171 e. The molecule has 0 aliphatic heterocycles. The van der Waals surface area contributed by atoms with Crippen LogP contribution >= 0.6 is 23.8 Å². The topological polar surface area (TPSA) is 27.3 Å². The van der Waals surface area contributed by atoms with Crippen LogP contribution in [0, 0.1) is 5.82 Å². The third kappa shape index (κ3) is 4.58. The van der Waals surface area contributed by atoms with Crippen molar-refractivity contribution in [2.75, 3.05) is 24.3 Å². The molecule has 3 nitrogen and oxygen atoms in total. The molecule has 116 valence electrons. The zero-order chi connectivity index (χ0) is 16.1. The van der Waals surface area contributed by atoms with E-state index in [9.17, 15) is 4.39 Å². The van der Waals surface area contributed by atoms with Crippen LogP contribution in [0.25, 0.3) is 0 Å². The Kier molecular flexibility index (Phi) is 5.57. The summed E-state index contributed by atoms with van der Waals surface area (Å²) in [6.45, 7) is 0.296. The summed E-state index contributed by atoms with van der Waals surface area (Å²) >= 11 is 10.9. The molecule has 0 aliphatic rings. The van der Waals surface area contributed by atoms with Gasteiger partial charge in [-0.15, -0.1) is 0 Å². The first-order valence-corrected chi connectivity index (χ1v) is 7.50. The van der Waals surface area contributed by atoms with Crippen LogP contribution < -0.4 is 15.5 Å². The van der Waals surface area contributed by atoms with E-state index < -0.39 is 0 Å². The number of nitrogens with one attached hydrogen (secondary N) is 2. The van der Waals surface area contributed by atoms with Crippen molar-refractivity contribution in [1.29, 1.82) is 0 Å². The van der Waals surface area contributed by atoms with Gasteiger partial charge in [0.05, 0.1) is 0 Å². The Balaban J connectivity index is 1.90. The smallest absolute Gasteiger partial charge is 0.171 e. The van der Waals surface area contributed by atoms with Gasteiger partial charge in [0.15, 0.2) is 5.11 Å². The Hall–Kier alpha value is -1.85. The predicted octanol–water partition coefficient (Wildman–Crippen LogP) is 4.03. The van der Waals surface area contributed by atoms with Crippen molar-refractivity contribution in [2.45, 2.75) is 6.54 Å². The fourth-order valence-electron chi connectivity index (χ4n) is 1.86. The van der Waals surface area contributed by atoms with Crippen LogP contribution in [0.1, 0.15) is 5.56 Å². The molecular weight excluding hydrogens is 321 g/mol. The standard InChI is InChI=1S/C16H17ClFN3S/c1-21(2)14-7-5-13(6-8-14)20-16(22)19-10-11-3-4-12(17)9-15(11)18/h3-9H,10H2,1-2H3,(H2,19,20,22). The zero-order valence-electron chi connectivity index (χ0n) is 12.4. The van der Waals surface area contributed by atoms with E-state index in [1.54, 1.807) is 12.1 Å².